The molecule has 0 aromatic carbocycles. The number of thiophene rings is 4. The standard InChI is InChI=1S/C43H48N4S5/c1-5-8-9-27(7-3)11-13-29-15-21-37(50-29)38-24-22-34(51-38)32-18-16-30(40(44)41(32)45)31-17-19-33(42(46)43(31)47-48)35-23-25-39(52-35)36-20-14-28(49-36)12-10-26(4)6-2/h14-27,44-46,48H,5-13H2,1-4H3. The summed E-state index contributed by atoms with van der Waals surface area (Å²) < 4.78 is 4.25. The Morgan fingerprint density at radius 2 is 1.04 bits per heavy atom. The molecule has 0 bridgehead atoms. The van der Waals surface area contributed by atoms with Crippen LogP contribution >= 0.6 is 58.2 Å². The zero-order valence-corrected chi connectivity index (χ0v) is 34.6. The Kier molecular flexibility index (Phi) is 13.1. The van der Waals surface area contributed by atoms with Crippen LogP contribution in [0.4, 0.5) is 0 Å². The first-order valence-corrected chi connectivity index (χ1v) is 22.1. The number of hydrogen-bond donors (Lipinski definition) is 4. The second kappa shape index (κ2) is 17.7. The van der Waals surface area contributed by atoms with Crippen LogP contribution in [-0.4, -0.2) is 22.8 Å². The first-order chi connectivity index (χ1) is 25.2. The molecule has 52 heavy (non-hydrogen) atoms. The van der Waals surface area contributed by atoms with Crippen LogP contribution in [0, 0.1) is 28.1 Å². The minimum absolute atomic E-state index is 0.130. The predicted octanol–water partition coefficient (Wildman–Crippen LogP) is 14.1. The van der Waals surface area contributed by atoms with Gasteiger partial charge in [0.2, 0.25) is 0 Å². The highest BCUT2D eigenvalue weighted by Gasteiger charge is 2.30. The molecule has 6 rings (SSSR count). The van der Waals surface area contributed by atoms with E-state index in [0.29, 0.717) is 16.9 Å². The Morgan fingerprint density at radius 1 is 0.558 bits per heavy atom. The van der Waals surface area contributed by atoms with Crippen LogP contribution in [-0.2, 0) is 12.8 Å². The van der Waals surface area contributed by atoms with Gasteiger partial charge in [-0.15, -0.1) is 45.3 Å². The molecule has 0 saturated heterocycles. The van der Waals surface area contributed by atoms with Crippen molar-refractivity contribution in [3.8, 4) is 19.5 Å². The van der Waals surface area contributed by atoms with Crippen LogP contribution in [0.3, 0.4) is 0 Å². The summed E-state index contributed by atoms with van der Waals surface area (Å²) in [6.07, 6.45) is 18.8. The third-order valence-electron chi connectivity index (χ3n) is 10.2. The van der Waals surface area contributed by atoms with Crippen molar-refractivity contribution in [2.75, 3.05) is 0 Å². The lowest BCUT2D eigenvalue weighted by molar-refractivity contribution is 0.423. The molecular formula is C43H48N4S5. The molecule has 4 nitrogen and oxygen atoms in total. The fraction of sp³-hybridized carbons (Fsp3) is 0.349. The summed E-state index contributed by atoms with van der Waals surface area (Å²) >= 11 is 11.4. The molecule has 9 heteroatoms. The van der Waals surface area contributed by atoms with E-state index in [1.807, 2.05) is 47.0 Å². The van der Waals surface area contributed by atoms with Gasteiger partial charge in [0.15, 0.2) is 0 Å². The van der Waals surface area contributed by atoms with E-state index < -0.39 is 0 Å². The van der Waals surface area contributed by atoms with Gasteiger partial charge in [-0.3, -0.25) is 16.2 Å². The van der Waals surface area contributed by atoms with E-state index in [2.05, 4.69) is 93.4 Å². The predicted molar refractivity (Wildman–Crippen MR) is 236 cm³/mol. The summed E-state index contributed by atoms with van der Waals surface area (Å²) in [6, 6.07) is 17.4. The summed E-state index contributed by atoms with van der Waals surface area (Å²) in [6.45, 7) is 9.16. The monoisotopic (exact) mass is 780 g/mol. The van der Waals surface area contributed by atoms with Crippen molar-refractivity contribution in [3.63, 3.8) is 0 Å². The maximum Gasteiger partial charge on any atom is 0.104 e. The first-order valence-electron chi connectivity index (χ1n) is 18.5. The largest absolute Gasteiger partial charge is 0.298 e. The Bertz CT molecular complexity index is 2110. The number of thiol groups is 1. The van der Waals surface area contributed by atoms with E-state index in [4.69, 9.17) is 16.2 Å². The van der Waals surface area contributed by atoms with Crippen molar-refractivity contribution >= 4 is 92.2 Å². The van der Waals surface area contributed by atoms with E-state index >= 15 is 0 Å². The molecule has 2 aliphatic carbocycles. The molecule has 270 valence electrons. The van der Waals surface area contributed by atoms with E-state index in [1.165, 1.54) is 74.2 Å². The molecule has 0 saturated carbocycles. The lowest BCUT2D eigenvalue weighted by atomic mass is 9.82. The minimum Gasteiger partial charge on any atom is -0.298 e. The summed E-state index contributed by atoms with van der Waals surface area (Å²) in [5.74, 6) is 1.55. The number of nitrogens with zero attached hydrogens (tertiary/aromatic N) is 1. The Hall–Kier alpha value is -3.21. The number of aryl methyl sites for hydroxylation is 2. The third-order valence-corrected chi connectivity index (χ3v) is 15.4. The van der Waals surface area contributed by atoms with Crippen LogP contribution < -0.4 is 0 Å². The Labute approximate surface area is 330 Å². The molecule has 4 heterocycles. The van der Waals surface area contributed by atoms with Crippen LogP contribution in [0.5, 0.6) is 0 Å². The fourth-order valence-corrected chi connectivity index (χ4v) is 11.2. The molecule has 0 aliphatic heterocycles. The maximum atomic E-state index is 9.14. The molecular weight excluding hydrogens is 733 g/mol. The van der Waals surface area contributed by atoms with E-state index in [-0.39, 0.29) is 17.1 Å². The quantitative estimate of drug-likeness (QED) is 0.0645. The van der Waals surface area contributed by atoms with Crippen molar-refractivity contribution in [2.24, 2.45) is 16.2 Å². The summed E-state index contributed by atoms with van der Waals surface area (Å²) in [4.78, 5) is 9.77. The van der Waals surface area contributed by atoms with Crippen molar-refractivity contribution in [1.82, 2.24) is 0 Å². The molecule has 3 N–H and O–H groups in total. The Balaban J connectivity index is 1.18. The summed E-state index contributed by atoms with van der Waals surface area (Å²) in [5.41, 5.74) is 3.78. The Morgan fingerprint density at radius 3 is 1.60 bits per heavy atom. The van der Waals surface area contributed by atoms with E-state index in [1.54, 1.807) is 22.7 Å². The minimum atomic E-state index is 0.130. The molecule has 0 fully saturated rings. The molecule has 2 aliphatic rings. The highest BCUT2D eigenvalue weighted by atomic mass is 32.1. The van der Waals surface area contributed by atoms with Gasteiger partial charge in [0.25, 0.3) is 0 Å². The zero-order valence-electron chi connectivity index (χ0n) is 30.5. The smallest absolute Gasteiger partial charge is 0.104 e. The van der Waals surface area contributed by atoms with Crippen molar-refractivity contribution in [3.05, 3.63) is 103 Å². The van der Waals surface area contributed by atoms with Gasteiger partial charge < -0.3 is 0 Å². The molecule has 0 spiro atoms. The van der Waals surface area contributed by atoms with Crippen molar-refractivity contribution < 1.29 is 0 Å². The number of rotatable bonds is 16. The first kappa shape index (κ1) is 38.5. The second-order valence-electron chi connectivity index (χ2n) is 13.8. The molecule has 4 aromatic rings. The SMILES string of the molecule is CCCCC(CC)CCc1ccc(-c2ccc(C3=CC=C(C4=CC=C(c5ccc(-c6ccc(CCC(C)CC)s6)s5)C(=N)C4=NS)C(=N)C3=N)s2)s1. The lowest BCUT2D eigenvalue weighted by Crippen LogP contribution is -2.27. The lowest BCUT2D eigenvalue weighted by Gasteiger charge is -2.23. The second-order valence-corrected chi connectivity index (χ2v) is 18.5. The average Bonchev–Trinajstić information content (AvgIpc) is 3.99. The van der Waals surface area contributed by atoms with Gasteiger partial charge in [-0.1, -0.05) is 84.1 Å². The maximum absolute atomic E-state index is 9.14. The summed E-state index contributed by atoms with van der Waals surface area (Å²) in [5, 5.41) is 27.2. The molecule has 4 aromatic heterocycles. The number of nitrogens with one attached hydrogen (secondary N) is 3. The average molecular weight is 781 g/mol. The normalized spacial score (nSPS) is 16.9. The fourth-order valence-electron chi connectivity index (χ4n) is 6.65. The van der Waals surface area contributed by atoms with Gasteiger partial charge in [0.1, 0.15) is 5.71 Å². The van der Waals surface area contributed by atoms with Crippen LogP contribution in [0.2, 0.25) is 0 Å². The van der Waals surface area contributed by atoms with Gasteiger partial charge in [-0.2, -0.15) is 0 Å². The highest BCUT2D eigenvalue weighted by Crippen LogP contribution is 2.41. The number of allylic oxidation sites excluding steroid dienone is 8. The van der Waals surface area contributed by atoms with Gasteiger partial charge in [-0.05, 0) is 98.9 Å². The molecule has 2 unspecified atom stereocenters. The van der Waals surface area contributed by atoms with E-state index in [0.717, 1.165) is 45.6 Å². The number of unbranched alkanes of at least 4 members (excludes halogenated alkanes) is 1. The van der Waals surface area contributed by atoms with Gasteiger partial charge in [-0.25, -0.2) is 4.40 Å². The van der Waals surface area contributed by atoms with Crippen molar-refractivity contribution in [2.45, 2.75) is 85.5 Å². The number of hydrogen-bond acceptors (Lipinski definition) is 9. The topological polar surface area (TPSA) is 83.9 Å². The van der Waals surface area contributed by atoms with Crippen LogP contribution in [0.25, 0.3) is 30.7 Å². The third kappa shape index (κ3) is 8.60. The van der Waals surface area contributed by atoms with Gasteiger partial charge in [0, 0.05) is 61.3 Å². The van der Waals surface area contributed by atoms with Crippen molar-refractivity contribution in [1.29, 1.82) is 16.2 Å². The van der Waals surface area contributed by atoms with Crippen LogP contribution in [0.15, 0.2) is 88.4 Å². The van der Waals surface area contributed by atoms with E-state index in [9.17, 15) is 0 Å². The summed E-state index contributed by atoms with van der Waals surface area (Å²) in [7, 11) is 0. The zero-order chi connectivity index (χ0) is 36.8. The molecule has 2 atom stereocenters. The highest BCUT2D eigenvalue weighted by molar-refractivity contribution is 7.79. The molecule has 0 radical (unpaired) electrons. The van der Waals surface area contributed by atoms with Gasteiger partial charge >= 0.3 is 0 Å². The molecule has 0 amide bonds. The van der Waals surface area contributed by atoms with Crippen LogP contribution in [0.1, 0.15) is 92.1 Å². The van der Waals surface area contributed by atoms with Gasteiger partial charge in [0.05, 0.1) is 17.1 Å².